The monoisotopic (exact) mass is 313 g/mol. The van der Waals surface area contributed by atoms with Crippen molar-refractivity contribution in [2.24, 2.45) is 5.92 Å². The van der Waals surface area contributed by atoms with Gasteiger partial charge in [-0.1, -0.05) is 45.0 Å². The molecule has 1 unspecified atom stereocenters. The quantitative estimate of drug-likeness (QED) is 0.707. The summed E-state index contributed by atoms with van der Waals surface area (Å²) >= 11 is 0. The van der Waals surface area contributed by atoms with E-state index in [4.69, 9.17) is 9.47 Å². The maximum Gasteiger partial charge on any atom is 0.121 e. The van der Waals surface area contributed by atoms with Gasteiger partial charge in [-0.25, -0.2) is 0 Å². The molecule has 2 aromatic rings. The summed E-state index contributed by atoms with van der Waals surface area (Å²) in [5, 5.41) is 3.44. The molecular formula is C20H27NO2. The van der Waals surface area contributed by atoms with Crippen molar-refractivity contribution in [3.8, 4) is 11.5 Å². The van der Waals surface area contributed by atoms with E-state index in [1.54, 1.807) is 0 Å². The van der Waals surface area contributed by atoms with Crippen LogP contribution in [-0.2, 0) is 0 Å². The average molecular weight is 313 g/mol. The fourth-order valence-corrected chi connectivity index (χ4v) is 2.15. The molecule has 3 nitrogen and oxygen atoms in total. The van der Waals surface area contributed by atoms with Gasteiger partial charge in [-0.05, 0) is 36.6 Å². The molecule has 2 rings (SSSR count). The lowest BCUT2D eigenvalue weighted by atomic mass is 10.2. The van der Waals surface area contributed by atoms with Gasteiger partial charge >= 0.3 is 0 Å². The minimum Gasteiger partial charge on any atom is -0.493 e. The van der Waals surface area contributed by atoms with Gasteiger partial charge in [-0.2, -0.15) is 0 Å². The Kier molecular flexibility index (Phi) is 6.79. The zero-order chi connectivity index (χ0) is 16.5. The molecule has 0 amide bonds. The van der Waals surface area contributed by atoms with Gasteiger partial charge < -0.3 is 14.8 Å². The van der Waals surface area contributed by atoms with E-state index in [1.165, 1.54) is 0 Å². The van der Waals surface area contributed by atoms with Crippen LogP contribution in [-0.4, -0.2) is 19.3 Å². The number of hydrogen-bond acceptors (Lipinski definition) is 3. The van der Waals surface area contributed by atoms with Crippen LogP contribution in [0.4, 0.5) is 5.69 Å². The van der Waals surface area contributed by atoms with Crippen LogP contribution >= 0.6 is 0 Å². The summed E-state index contributed by atoms with van der Waals surface area (Å²) in [4.78, 5) is 0. The largest absolute Gasteiger partial charge is 0.493 e. The van der Waals surface area contributed by atoms with Crippen molar-refractivity contribution in [2.45, 2.75) is 33.3 Å². The third kappa shape index (κ3) is 6.23. The Morgan fingerprint density at radius 2 is 1.70 bits per heavy atom. The highest BCUT2D eigenvalue weighted by molar-refractivity contribution is 5.48. The second-order valence-corrected chi connectivity index (χ2v) is 6.07. The molecule has 1 atom stereocenters. The second-order valence-electron chi connectivity index (χ2n) is 6.07. The van der Waals surface area contributed by atoms with Crippen LogP contribution in [0.15, 0.2) is 54.6 Å². The van der Waals surface area contributed by atoms with Gasteiger partial charge in [-0.3, -0.25) is 0 Å². The van der Waals surface area contributed by atoms with Crippen LogP contribution in [0.5, 0.6) is 11.5 Å². The Morgan fingerprint density at radius 3 is 2.39 bits per heavy atom. The predicted octanol–water partition coefficient (Wildman–Crippen LogP) is 4.99. The van der Waals surface area contributed by atoms with Crippen LogP contribution in [0.3, 0.4) is 0 Å². The minimum absolute atomic E-state index is 0.137. The van der Waals surface area contributed by atoms with Gasteiger partial charge in [0.2, 0.25) is 0 Å². The lowest BCUT2D eigenvalue weighted by Gasteiger charge is -2.19. The van der Waals surface area contributed by atoms with Gasteiger partial charge in [0, 0.05) is 11.8 Å². The number of ether oxygens (including phenoxy) is 2. The van der Waals surface area contributed by atoms with Crippen molar-refractivity contribution in [1.82, 2.24) is 0 Å². The average Bonchev–Trinajstić information content (AvgIpc) is 2.58. The third-order valence-corrected chi connectivity index (χ3v) is 3.45. The van der Waals surface area contributed by atoms with Gasteiger partial charge in [-0.15, -0.1) is 0 Å². The van der Waals surface area contributed by atoms with Gasteiger partial charge in [0.05, 0.1) is 13.2 Å². The number of para-hydroxylation sites is 1. The highest BCUT2D eigenvalue weighted by atomic mass is 16.5. The summed E-state index contributed by atoms with van der Waals surface area (Å²) in [6, 6.07) is 18.0. The van der Waals surface area contributed by atoms with E-state index in [0.717, 1.165) is 36.8 Å². The molecule has 0 radical (unpaired) electrons. The van der Waals surface area contributed by atoms with E-state index in [0.29, 0.717) is 5.92 Å². The number of nitrogens with one attached hydrogen (secondary N) is 1. The highest BCUT2D eigenvalue weighted by Gasteiger charge is 2.08. The van der Waals surface area contributed by atoms with Crippen molar-refractivity contribution in [3.63, 3.8) is 0 Å². The molecule has 2 aromatic carbocycles. The Bertz CT molecular complexity index is 569. The molecule has 0 saturated carbocycles. The van der Waals surface area contributed by atoms with Crippen LogP contribution < -0.4 is 14.8 Å². The molecule has 0 aliphatic carbocycles. The maximum absolute atomic E-state index is 6.00. The fraction of sp³-hybridized carbons (Fsp3) is 0.400. The Hall–Kier alpha value is -2.16. The van der Waals surface area contributed by atoms with Crippen LogP contribution in [0.1, 0.15) is 27.2 Å². The zero-order valence-corrected chi connectivity index (χ0v) is 14.3. The van der Waals surface area contributed by atoms with E-state index in [2.05, 4.69) is 32.2 Å². The molecule has 0 spiro atoms. The molecule has 0 aliphatic rings. The number of hydrogen-bond donors (Lipinski definition) is 1. The first-order valence-electron chi connectivity index (χ1n) is 8.35. The summed E-state index contributed by atoms with van der Waals surface area (Å²) in [6.45, 7) is 7.93. The molecule has 23 heavy (non-hydrogen) atoms. The van der Waals surface area contributed by atoms with Gasteiger partial charge in [0.1, 0.15) is 17.6 Å². The molecular weight excluding hydrogens is 286 g/mol. The number of rotatable bonds is 9. The van der Waals surface area contributed by atoms with Gasteiger partial charge in [0.15, 0.2) is 0 Å². The molecule has 0 bridgehead atoms. The second kappa shape index (κ2) is 9.09. The third-order valence-electron chi connectivity index (χ3n) is 3.45. The predicted molar refractivity (Wildman–Crippen MR) is 96.4 cm³/mol. The molecule has 124 valence electrons. The van der Waals surface area contributed by atoms with E-state index in [-0.39, 0.29) is 6.10 Å². The molecule has 0 saturated heterocycles. The first-order valence-corrected chi connectivity index (χ1v) is 8.35. The van der Waals surface area contributed by atoms with Crippen molar-refractivity contribution >= 4 is 5.69 Å². The molecule has 3 heteroatoms. The fourth-order valence-electron chi connectivity index (χ4n) is 2.15. The summed E-state index contributed by atoms with van der Waals surface area (Å²) in [6.07, 6.45) is 1.09. The number of benzene rings is 2. The van der Waals surface area contributed by atoms with Crippen molar-refractivity contribution < 1.29 is 9.47 Å². The van der Waals surface area contributed by atoms with E-state index in [1.807, 2.05) is 48.5 Å². The van der Waals surface area contributed by atoms with Gasteiger partial charge in [0.25, 0.3) is 0 Å². The normalized spacial score (nSPS) is 12.0. The first kappa shape index (κ1) is 17.2. The molecule has 0 fully saturated rings. The summed E-state index contributed by atoms with van der Waals surface area (Å²) in [7, 11) is 0. The van der Waals surface area contributed by atoms with E-state index in [9.17, 15) is 0 Å². The Morgan fingerprint density at radius 1 is 0.957 bits per heavy atom. The van der Waals surface area contributed by atoms with Crippen molar-refractivity contribution in [1.29, 1.82) is 0 Å². The zero-order valence-electron chi connectivity index (χ0n) is 14.3. The topological polar surface area (TPSA) is 30.5 Å². The minimum atomic E-state index is 0.137. The van der Waals surface area contributed by atoms with E-state index < -0.39 is 0 Å². The van der Waals surface area contributed by atoms with Crippen LogP contribution in [0.2, 0.25) is 0 Å². The van der Waals surface area contributed by atoms with Crippen molar-refractivity contribution in [3.05, 3.63) is 54.6 Å². The van der Waals surface area contributed by atoms with E-state index >= 15 is 0 Å². The van der Waals surface area contributed by atoms with Crippen LogP contribution in [0, 0.1) is 5.92 Å². The van der Waals surface area contributed by atoms with Crippen LogP contribution in [0.25, 0.3) is 0 Å². The lowest BCUT2D eigenvalue weighted by molar-refractivity contribution is 0.210. The number of anilines is 1. The first-order chi connectivity index (χ1) is 11.2. The van der Waals surface area contributed by atoms with Crippen molar-refractivity contribution in [2.75, 3.05) is 18.5 Å². The summed E-state index contributed by atoms with van der Waals surface area (Å²) in [5.41, 5.74) is 1.06. The smallest absolute Gasteiger partial charge is 0.121 e. The summed E-state index contributed by atoms with van der Waals surface area (Å²) in [5.74, 6) is 2.34. The highest BCUT2D eigenvalue weighted by Crippen LogP contribution is 2.19. The molecule has 0 aromatic heterocycles. The Balaban J connectivity index is 1.87. The molecule has 0 aliphatic heterocycles. The SMILES string of the molecule is CCC(CNc1cccc(OCC(C)C)c1)Oc1ccccc1. The lowest BCUT2D eigenvalue weighted by Crippen LogP contribution is -2.25. The Labute approximate surface area is 139 Å². The maximum atomic E-state index is 6.00. The summed E-state index contributed by atoms with van der Waals surface area (Å²) < 4.78 is 11.8. The standard InChI is InChI=1S/C20H27NO2/c1-4-18(23-19-10-6-5-7-11-19)14-21-17-9-8-12-20(13-17)22-15-16(2)3/h5-13,16,18,21H,4,14-15H2,1-3H3. The molecule has 1 N–H and O–H groups in total. The molecule has 0 heterocycles.